The lowest BCUT2D eigenvalue weighted by atomic mass is 10.0. The number of sulfonamides is 1. The number of carbonyl (C=O) groups is 5. The van der Waals surface area contributed by atoms with E-state index in [0.717, 1.165) is 11.1 Å². The molecule has 1 aromatic carbocycles. The Kier molecular flexibility index (Phi) is 9.61. The van der Waals surface area contributed by atoms with Crippen molar-refractivity contribution in [1.82, 2.24) is 25.6 Å². The first-order valence-electron chi connectivity index (χ1n) is 15.6. The van der Waals surface area contributed by atoms with E-state index < -0.39 is 80.7 Å². The summed E-state index contributed by atoms with van der Waals surface area (Å²) in [4.78, 5) is 67.8. The Morgan fingerprint density at radius 3 is 2.57 bits per heavy atom. The zero-order valence-corrected chi connectivity index (χ0v) is 26.8. The molecule has 3 fully saturated rings. The quantitative estimate of drug-likeness (QED) is 0.312. The van der Waals surface area contributed by atoms with Crippen LogP contribution in [0, 0.1) is 11.8 Å². The van der Waals surface area contributed by atoms with Crippen molar-refractivity contribution in [3.05, 3.63) is 48.0 Å². The number of alkyl carbamates (subject to hydrolysis) is 2. The van der Waals surface area contributed by atoms with Gasteiger partial charge in [-0.25, -0.2) is 18.0 Å². The number of aryl methyl sites for hydroxylation is 1. The molecule has 0 radical (unpaired) electrons. The molecule has 4 aliphatic rings. The van der Waals surface area contributed by atoms with Gasteiger partial charge in [0.2, 0.25) is 21.8 Å². The summed E-state index contributed by atoms with van der Waals surface area (Å²) in [6.45, 7) is 7.31. The second kappa shape index (κ2) is 13.3. The second-order valence-corrected chi connectivity index (χ2v) is 14.7. The van der Waals surface area contributed by atoms with Gasteiger partial charge >= 0.3 is 12.2 Å². The zero-order valence-electron chi connectivity index (χ0n) is 26.0. The smallest absolute Gasteiger partial charge is 0.407 e. The van der Waals surface area contributed by atoms with E-state index in [4.69, 9.17) is 9.47 Å². The van der Waals surface area contributed by atoms with E-state index in [1.54, 1.807) is 13.8 Å². The molecule has 4 bridgehead atoms. The van der Waals surface area contributed by atoms with E-state index >= 15 is 0 Å². The summed E-state index contributed by atoms with van der Waals surface area (Å²) in [6, 6.07) is 5.32. The van der Waals surface area contributed by atoms with Gasteiger partial charge in [-0.15, -0.1) is 6.58 Å². The average molecular weight is 660 g/mol. The van der Waals surface area contributed by atoms with Crippen LogP contribution in [0.3, 0.4) is 0 Å². The van der Waals surface area contributed by atoms with Crippen LogP contribution in [0.4, 0.5) is 9.59 Å². The Bertz CT molecular complexity index is 1510. The SMILES string of the molecule is C=C[C@H]1C[C@]1(NC(=O)[C@@H]1C[C@@H]2CN1C(=O)[C@H](C(C)C)NC(=O)OCCCc1cccc(c1)CNC(=O)O2)C(=O)NS(=O)(=O)C1CC1. The molecule has 0 aromatic heterocycles. The van der Waals surface area contributed by atoms with Crippen LogP contribution >= 0.6 is 0 Å². The minimum Gasteiger partial charge on any atom is -0.450 e. The first-order valence-corrected chi connectivity index (χ1v) is 17.1. The highest BCUT2D eigenvalue weighted by atomic mass is 32.2. The van der Waals surface area contributed by atoms with Crippen molar-refractivity contribution < 1.29 is 41.9 Å². The fraction of sp³-hybridized carbons (Fsp3) is 0.581. The molecule has 5 rings (SSSR count). The summed E-state index contributed by atoms with van der Waals surface area (Å²) in [5.74, 6) is -3.13. The molecular weight excluding hydrogens is 618 g/mol. The Morgan fingerprint density at radius 1 is 1.15 bits per heavy atom. The molecule has 2 aliphatic carbocycles. The van der Waals surface area contributed by atoms with E-state index in [0.29, 0.717) is 25.7 Å². The van der Waals surface area contributed by atoms with Crippen LogP contribution in [0.15, 0.2) is 36.9 Å². The van der Waals surface area contributed by atoms with Gasteiger partial charge in [0.15, 0.2) is 0 Å². The third-order valence-electron chi connectivity index (χ3n) is 8.85. The lowest BCUT2D eigenvalue weighted by molar-refractivity contribution is -0.141. The third-order valence-corrected chi connectivity index (χ3v) is 10.7. The first kappa shape index (κ1) is 33.2. The van der Waals surface area contributed by atoms with Crippen LogP contribution in [-0.4, -0.2) is 85.4 Å². The van der Waals surface area contributed by atoms with Crippen LogP contribution in [0.1, 0.15) is 57.1 Å². The number of fused-ring (bicyclic) bond motifs is 4. The van der Waals surface area contributed by atoms with Crippen LogP contribution in [0.2, 0.25) is 0 Å². The number of ether oxygens (including phenoxy) is 2. The van der Waals surface area contributed by atoms with Crippen molar-refractivity contribution in [3.63, 3.8) is 0 Å². The zero-order chi connectivity index (χ0) is 33.2. The average Bonchev–Trinajstić information content (AvgIpc) is 3.93. The standard InChI is InChI=1S/C31H41N5O9S/c1-4-21-15-31(21,28(39)35-46(42,43)23-10-11-23)34-26(37)24-14-22-17-36(24)27(38)25(18(2)3)33-30(41)44-12-6-9-19-7-5-8-20(13-19)16-32-29(40)45-22/h4-5,7-8,13,18,21-25H,1,6,9-12,14-17H2,2-3H3,(H,32,40)(H,33,41)(H,34,37)(H,35,39)/t21-,22+,24-,25-,31+/m0/s1. The number of nitrogens with one attached hydrogen (secondary N) is 4. The van der Waals surface area contributed by atoms with E-state index in [9.17, 15) is 32.4 Å². The van der Waals surface area contributed by atoms with Crippen molar-refractivity contribution in [2.24, 2.45) is 11.8 Å². The van der Waals surface area contributed by atoms with Crippen molar-refractivity contribution in [2.75, 3.05) is 13.2 Å². The van der Waals surface area contributed by atoms with E-state index in [2.05, 4.69) is 27.3 Å². The molecule has 0 spiro atoms. The maximum atomic E-state index is 13.9. The molecule has 14 nitrogen and oxygen atoms in total. The van der Waals surface area contributed by atoms with Crippen molar-refractivity contribution >= 4 is 39.9 Å². The van der Waals surface area contributed by atoms with Gasteiger partial charge < -0.3 is 30.3 Å². The molecule has 1 aromatic rings. The molecule has 15 heteroatoms. The molecule has 4 N–H and O–H groups in total. The Hall–Kier alpha value is -4.14. The van der Waals surface area contributed by atoms with Gasteiger partial charge in [0.25, 0.3) is 5.91 Å². The molecule has 2 aliphatic heterocycles. The molecular formula is C31H41N5O9S. The second-order valence-electron chi connectivity index (χ2n) is 12.7. The highest BCUT2D eigenvalue weighted by Gasteiger charge is 2.62. The molecule has 5 amide bonds. The molecule has 46 heavy (non-hydrogen) atoms. The van der Waals surface area contributed by atoms with Gasteiger partial charge in [0, 0.05) is 18.9 Å². The molecule has 2 heterocycles. The number of nitrogens with zero attached hydrogens (tertiary/aromatic N) is 1. The van der Waals surface area contributed by atoms with Crippen molar-refractivity contribution in [1.29, 1.82) is 0 Å². The van der Waals surface area contributed by atoms with Crippen LogP contribution in [0.25, 0.3) is 0 Å². The summed E-state index contributed by atoms with van der Waals surface area (Å²) in [5.41, 5.74) is 0.272. The number of benzene rings is 1. The predicted octanol–water partition coefficient (Wildman–Crippen LogP) is 1.25. The largest absolute Gasteiger partial charge is 0.450 e. The predicted molar refractivity (Wildman–Crippen MR) is 164 cm³/mol. The number of cyclic esters (lactones) is 1. The highest BCUT2D eigenvalue weighted by molar-refractivity contribution is 7.91. The van der Waals surface area contributed by atoms with Gasteiger partial charge in [-0.05, 0) is 49.1 Å². The molecule has 0 unspecified atom stereocenters. The van der Waals surface area contributed by atoms with Crippen LogP contribution in [-0.2, 0) is 46.8 Å². The minimum absolute atomic E-state index is 0.0907. The Balaban J connectivity index is 1.37. The van der Waals surface area contributed by atoms with Crippen LogP contribution < -0.4 is 20.7 Å². The normalized spacial score (nSPS) is 28.8. The van der Waals surface area contributed by atoms with Gasteiger partial charge in [-0.2, -0.15) is 0 Å². The number of amides is 5. The van der Waals surface area contributed by atoms with Crippen molar-refractivity contribution in [3.8, 4) is 0 Å². The third kappa shape index (κ3) is 7.45. The van der Waals surface area contributed by atoms with Gasteiger partial charge in [-0.3, -0.25) is 19.1 Å². The summed E-state index contributed by atoms with van der Waals surface area (Å²) in [6.07, 6.45) is 1.16. The van der Waals surface area contributed by atoms with Crippen LogP contribution in [0.5, 0.6) is 0 Å². The Labute approximate surface area is 268 Å². The highest BCUT2D eigenvalue weighted by Crippen LogP contribution is 2.45. The number of hydrogen-bond acceptors (Lipinski definition) is 9. The molecule has 250 valence electrons. The summed E-state index contributed by atoms with van der Waals surface area (Å²) < 4.78 is 38.1. The lowest BCUT2D eigenvalue weighted by Gasteiger charge is -2.31. The Morgan fingerprint density at radius 2 is 1.89 bits per heavy atom. The lowest BCUT2D eigenvalue weighted by Crippen LogP contribution is -2.59. The first-order chi connectivity index (χ1) is 21.8. The van der Waals surface area contributed by atoms with Gasteiger partial charge in [0.05, 0.1) is 18.4 Å². The molecule has 5 atom stereocenters. The number of hydrogen-bond donors (Lipinski definition) is 4. The van der Waals surface area contributed by atoms with E-state index in [1.165, 1.54) is 11.0 Å². The van der Waals surface area contributed by atoms with Crippen molar-refractivity contribution in [2.45, 2.75) is 87.9 Å². The monoisotopic (exact) mass is 659 g/mol. The maximum Gasteiger partial charge on any atom is 0.407 e. The number of rotatable bonds is 7. The number of carbonyl (C=O) groups excluding carboxylic acids is 5. The van der Waals surface area contributed by atoms with E-state index in [1.807, 2.05) is 24.3 Å². The van der Waals surface area contributed by atoms with E-state index in [-0.39, 0.29) is 32.5 Å². The van der Waals surface area contributed by atoms with Gasteiger partial charge in [0.1, 0.15) is 23.7 Å². The fourth-order valence-electron chi connectivity index (χ4n) is 5.96. The maximum absolute atomic E-state index is 13.9. The van der Waals surface area contributed by atoms with Gasteiger partial charge in [-0.1, -0.05) is 44.2 Å². The summed E-state index contributed by atoms with van der Waals surface area (Å²) in [7, 11) is -3.89. The summed E-state index contributed by atoms with van der Waals surface area (Å²) >= 11 is 0. The molecule has 2 saturated carbocycles. The topological polar surface area (TPSA) is 189 Å². The molecule has 1 saturated heterocycles. The fourth-order valence-corrected chi connectivity index (χ4v) is 7.32. The minimum atomic E-state index is -3.89. The summed E-state index contributed by atoms with van der Waals surface area (Å²) in [5, 5.41) is 7.37.